The van der Waals surface area contributed by atoms with E-state index in [2.05, 4.69) is 15.4 Å². The molecule has 3 rings (SSSR count). The number of hydrogen-bond donors (Lipinski definition) is 1. The topological polar surface area (TPSA) is 78.3 Å². The predicted molar refractivity (Wildman–Crippen MR) is 108 cm³/mol. The smallest absolute Gasteiger partial charge is 0.417 e. The molecule has 1 aromatic carbocycles. The third kappa shape index (κ3) is 5.53. The van der Waals surface area contributed by atoms with Crippen molar-refractivity contribution in [1.82, 2.24) is 14.8 Å². The van der Waals surface area contributed by atoms with E-state index in [-0.39, 0.29) is 18.1 Å². The van der Waals surface area contributed by atoms with Crippen molar-refractivity contribution in [2.75, 3.05) is 19.5 Å². The number of halogens is 3. The molecule has 0 bridgehead atoms. The van der Waals surface area contributed by atoms with Crippen molar-refractivity contribution in [2.24, 2.45) is 0 Å². The van der Waals surface area contributed by atoms with Crippen LogP contribution in [0, 0.1) is 6.92 Å². The number of ether oxygens (including phenoxy) is 2. The number of benzene rings is 1. The Kier molecular flexibility index (Phi) is 6.47. The monoisotopic (exact) mass is 434 g/mol. The highest BCUT2D eigenvalue weighted by atomic mass is 19.4. The molecule has 0 fully saturated rings. The molecule has 0 atom stereocenters. The van der Waals surface area contributed by atoms with Gasteiger partial charge in [-0.25, -0.2) is 4.98 Å². The highest BCUT2D eigenvalue weighted by Crippen LogP contribution is 2.29. The molecule has 0 spiro atoms. The third-order valence-electron chi connectivity index (χ3n) is 4.44. The first kappa shape index (κ1) is 22.1. The zero-order valence-electron chi connectivity index (χ0n) is 17.2. The fraction of sp³-hybridized carbons (Fsp3) is 0.286. The van der Waals surface area contributed by atoms with Crippen LogP contribution in [0.5, 0.6) is 11.5 Å². The number of nitrogens with one attached hydrogen (secondary N) is 1. The average molecular weight is 434 g/mol. The van der Waals surface area contributed by atoms with Crippen LogP contribution in [-0.4, -0.2) is 34.9 Å². The van der Waals surface area contributed by atoms with Gasteiger partial charge >= 0.3 is 6.18 Å². The number of alkyl halides is 3. The number of anilines is 1. The van der Waals surface area contributed by atoms with Crippen molar-refractivity contribution >= 4 is 11.7 Å². The Balaban J connectivity index is 1.71. The lowest BCUT2D eigenvalue weighted by Crippen LogP contribution is -2.16. The molecule has 0 aliphatic carbocycles. The number of hydrogen-bond acceptors (Lipinski definition) is 5. The van der Waals surface area contributed by atoms with E-state index in [4.69, 9.17) is 9.47 Å². The second-order valence-corrected chi connectivity index (χ2v) is 6.75. The van der Waals surface area contributed by atoms with Crippen LogP contribution in [0.2, 0.25) is 0 Å². The van der Waals surface area contributed by atoms with Gasteiger partial charge in [0.1, 0.15) is 17.3 Å². The van der Waals surface area contributed by atoms with E-state index in [1.54, 1.807) is 33.3 Å². The first-order chi connectivity index (χ1) is 14.7. The molecule has 1 amide bonds. The molecule has 7 nitrogen and oxygen atoms in total. The number of carbonyl (C=O) groups is 1. The lowest BCUT2D eigenvalue weighted by molar-refractivity contribution is -0.137. The lowest BCUT2D eigenvalue weighted by Gasteiger charge is -2.11. The fourth-order valence-corrected chi connectivity index (χ4v) is 2.92. The van der Waals surface area contributed by atoms with Crippen molar-refractivity contribution in [3.05, 3.63) is 59.4 Å². The maximum atomic E-state index is 12.8. The molecule has 0 saturated heterocycles. The summed E-state index contributed by atoms with van der Waals surface area (Å²) in [4.78, 5) is 16.3. The van der Waals surface area contributed by atoms with Crippen molar-refractivity contribution in [3.63, 3.8) is 0 Å². The average Bonchev–Trinajstić information content (AvgIpc) is 3.11. The fourth-order valence-electron chi connectivity index (χ4n) is 2.92. The minimum absolute atomic E-state index is 0.161. The largest absolute Gasteiger partial charge is 0.497 e. The van der Waals surface area contributed by atoms with E-state index in [1.165, 1.54) is 10.7 Å². The van der Waals surface area contributed by atoms with E-state index < -0.39 is 11.7 Å². The van der Waals surface area contributed by atoms with Crippen molar-refractivity contribution in [1.29, 1.82) is 0 Å². The Morgan fingerprint density at radius 3 is 2.32 bits per heavy atom. The summed E-state index contributed by atoms with van der Waals surface area (Å²) in [6.45, 7) is 1.71. The molecule has 0 radical (unpaired) electrons. The normalized spacial score (nSPS) is 11.3. The summed E-state index contributed by atoms with van der Waals surface area (Å²) in [6.07, 6.45) is -3.15. The van der Waals surface area contributed by atoms with Gasteiger partial charge in [-0.3, -0.25) is 4.79 Å². The molecule has 3 aromatic rings. The van der Waals surface area contributed by atoms with Gasteiger partial charge in [-0.15, -0.1) is 0 Å². The predicted octanol–water partition coefficient (Wildman–Crippen LogP) is 4.18. The maximum Gasteiger partial charge on any atom is 0.417 e. The standard InChI is InChI=1S/C21H21F3N4O3/c1-13-8-19(28(27-13)18-6-5-15(12-25-18)21(22,23)24)26-20(29)7-4-14-9-16(30-2)11-17(10-14)31-3/h5-6,8-12H,4,7H2,1-3H3,(H,26,29). The Morgan fingerprint density at radius 1 is 1.10 bits per heavy atom. The minimum atomic E-state index is -4.48. The summed E-state index contributed by atoms with van der Waals surface area (Å²) in [5.74, 6) is 1.44. The Labute approximate surface area is 176 Å². The number of rotatable bonds is 7. The Morgan fingerprint density at radius 2 is 1.77 bits per heavy atom. The van der Waals surface area contributed by atoms with Crippen LogP contribution < -0.4 is 14.8 Å². The van der Waals surface area contributed by atoms with Crippen LogP contribution in [0.4, 0.5) is 19.0 Å². The van der Waals surface area contributed by atoms with Gasteiger partial charge in [0.2, 0.25) is 5.91 Å². The second kappa shape index (κ2) is 9.07. The van der Waals surface area contributed by atoms with E-state index >= 15 is 0 Å². The summed E-state index contributed by atoms with van der Waals surface area (Å²) in [5.41, 5.74) is 0.578. The van der Waals surface area contributed by atoms with E-state index in [9.17, 15) is 18.0 Å². The molecule has 1 N–H and O–H groups in total. The number of methoxy groups -OCH3 is 2. The Bertz CT molecular complexity index is 1040. The van der Waals surface area contributed by atoms with Gasteiger partial charge in [-0.2, -0.15) is 23.0 Å². The first-order valence-corrected chi connectivity index (χ1v) is 9.31. The summed E-state index contributed by atoms with van der Waals surface area (Å²) in [7, 11) is 3.09. The first-order valence-electron chi connectivity index (χ1n) is 9.31. The number of aryl methyl sites for hydroxylation is 2. The van der Waals surface area contributed by atoms with E-state index in [1.807, 2.05) is 12.1 Å². The molecule has 2 aromatic heterocycles. The van der Waals surface area contributed by atoms with Gasteiger partial charge in [0.25, 0.3) is 0 Å². The summed E-state index contributed by atoms with van der Waals surface area (Å²) >= 11 is 0. The summed E-state index contributed by atoms with van der Waals surface area (Å²) in [6, 6.07) is 9.11. The van der Waals surface area contributed by atoms with Crippen LogP contribution in [0.25, 0.3) is 5.82 Å². The highest BCUT2D eigenvalue weighted by Gasteiger charge is 2.30. The van der Waals surface area contributed by atoms with E-state index in [0.29, 0.717) is 29.4 Å². The number of pyridine rings is 1. The van der Waals surface area contributed by atoms with Gasteiger partial charge in [0.15, 0.2) is 5.82 Å². The Hall–Kier alpha value is -3.56. The molecular formula is C21H21F3N4O3. The molecule has 10 heteroatoms. The van der Waals surface area contributed by atoms with Crippen LogP contribution in [-0.2, 0) is 17.4 Å². The molecule has 0 aliphatic rings. The van der Waals surface area contributed by atoms with Gasteiger partial charge in [-0.1, -0.05) is 0 Å². The van der Waals surface area contributed by atoms with Gasteiger partial charge < -0.3 is 14.8 Å². The maximum absolute atomic E-state index is 12.8. The zero-order chi connectivity index (χ0) is 22.6. The molecule has 0 aliphatic heterocycles. The van der Waals surface area contributed by atoms with Crippen LogP contribution in [0.3, 0.4) is 0 Å². The highest BCUT2D eigenvalue weighted by molar-refractivity contribution is 5.90. The summed E-state index contributed by atoms with van der Waals surface area (Å²) < 4.78 is 50.0. The van der Waals surface area contributed by atoms with Gasteiger partial charge in [0.05, 0.1) is 25.5 Å². The van der Waals surface area contributed by atoms with Crippen LogP contribution in [0.1, 0.15) is 23.2 Å². The van der Waals surface area contributed by atoms with Crippen LogP contribution in [0.15, 0.2) is 42.6 Å². The third-order valence-corrected chi connectivity index (χ3v) is 4.44. The lowest BCUT2D eigenvalue weighted by atomic mass is 10.1. The quantitative estimate of drug-likeness (QED) is 0.604. The number of carbonyl (C=O) groups excluding carboxylic acids is 1. The number of aromatic nitrogens is 3. The van der Waals surface area contributed by atoms with Crippen molar-refractivity contribution in [2.45, 2.75) is 25.9 Å². The van der Waals surface area contributed by atoms with Gasteiger partial charge in [-0.05, 0) is 43.2 Å². The zero-order valence-corrected chi connectivity index (χ0v) is 17.2. The van der Waals surface area contributed by atoms with Gasteiger partial charge in [0, 0.05) is 24.8 Å². The molecule has 0 saturated carbocycles. The molecule has 164 valence electrons. The van der Waals surface area contributed by atoms with Crippen LogP contribution >= 0.6 is 0 Å². The van der Waals surface area contributed by atoms with Crippen molar-refractivity contribution < 1.29 is 27.4 Å². The SMILES string of the molecule is COc1cc(CCC(=O)Nc2cc(C)nn2-c2ccc(C(F)(F)F)cn2)cc(OC)c1. The van der Waals surface area contributed by atoms with Crippen molar-refractivity contribution in [3.8, 4) is 17.3 Å². The molecule has 2 heterocycles. The molecule has 0 unspecified atom stereocenters. The molecule has 31 heavy (non-hydrogen) atoms. The summed E-state index contributed by atoms with van der Waals surface area (Å²) in [5, 5.41) is 6.95. The minimum Gasteiger partial charge on any atom is -0.497 e. The molecular weight excluding hydrogens is 413 g/mol. The number of amides is 1. The number of nitrogens with zero attached hydrogens (tertiary/aromatic N) is 3. The van der Waals surface area contributed by atoms with E-state index in [0.717, 1.165) is 17.8 Å². The second-order valence-electron chi connectivity index (χ2n) is 6.75.